The van der Waals surface area contributed by atoms with Crippen LogP contribution in [-0.4, -0.2) is 17.9 Å². The van der Waals surface area contributed by atoms with E-state index >= 15 is 0 Å². The van der Waals surface area contributed by atoms with Gasteiger partial charge in [0, 0.05) is 12.5 Å². The fraction of sp³-hybridized carbons (Fsp3) is 0.333. The zero-order valence-corrected chi connectivity index (χ0v) is 12.2. The van der Waals surface area contributed by atoms with Crippen LogP contribution in [0, 0.1) is 0 Å². The van der Waals surface area contributed by atoms with Crippen LogP contribution in [0.3, 0.4) is 0 Å². The van der Waals surface area contributed by atoms with E-state index in [1.54, 1.807) is 14.0 Å². The Bertz CT molecular complexity index is 572. The van der Waals surface area contributed by atoms with Crippen molar-refractivity contribution in [1.82, 2.24) is 4.98 Å². The lowest BCUT2D eigenvalue weighted by molar-refractivity contribution is 0.102. The largest absolute Gasteiger partial charge is 0.497 e. The molecule has 100 valence electrons. The molecule has 0 N–H and O–H groups in total. The van der Waals surface area contributed by atoms with Crippen molar-refractivity contribution in [2.45, 2.75) is 26.7 Å². The number of hydrogen-bond donors (Lipinski definition) is 0. The first kappa shape index (κ1) is 13.7. The number of ether oxygens (including phenoxy) is 1. The summed E-state index contributed by atoms with van der Waals surface area (Å²) >= 11 is 1.47. The van der Waals surface area contributed by atoms with Crippen LogP contribution in [-0.2, 0) is 6.42 Å². The molecule has 19 heavy (non-hydrogen) atoms. The summed E-state index contributed by atoms with van der Waals surface area (Å²) in [6.07, 6.45) is 1.84. The summed E-state index contributed by atoms with van der Waals surface area (Å²) in [5.41, 5.74) is 1.95. The van der Waals surface area contributed by atoms with E-state index < -0.39 is 0 Å². The summed E-state index contributed by atoms with van der Waals surface area (Å²) in [5.74, 6) is 0.918. The van der Waals surface area contributed by atoms with Crippen molar-refractivity contribution in [1.29, 1.82) is 0 Å². The van der Waals surface area contributed by atoms with Crippen molar-refractivity contribution in [2.24, 2.45) is 0 Å². The molecule has 0 unspecified atom stereocenters. The lowest BCUT2D eigenvalue weighted by atomic mass is 10.2. The summed E-state index contributed by atoms with van der Waals surface area (Å²) in [6, 6.07) is 7.75. The molecule has 1 heterocycles. The van der Waals surface area contributed by atoms with E-state index in [4.69, 9.17) is 4.74 Å². The van der Waals surface area contributed by atoms with Gasteiger partial charge in [-0.1, -0.05) is 13.3 Å². The maximum Gasteiger partial charge on any atom is 0.171 e. The van der Waals surface area contributed by atoms with E-state index in [0.29, 0.717) is 0 Å². The standard InChI is InChI=1S/C15H17NO2S/c1-4-5-13-14(10(2)17)19-15(16-13)11-6-8-12(18-3)9-7-11/h6-9H,4-5H2,1-3H3. The van der Waals surface area contributed by atoms with Crippen molar-refractivity contribution in [3.05, 3.63) is 34.8 Å². The van der Waals surface area contributed by atoms with Gasteiger partial charge in [-0.2, -0.15) is 0 Å². The molecule has 2 aromatic rings. The number of carbonyl (C=O) groups is 1. The molecule has 0 aliphatic carbocycles. The SMILES string of the molecule is CCCc1nc(-c2ccc(OC)cc2)sc1C(C)=O. The third-order valence-electron chi connectivity index (χ3n) is 2.84. The Morgan fingerprint density at radius 1 is 1.32 bits per heavy atom. The predicted octanol–water partition coefficient (Wildman–Crippen LogP) is 3.97. The number of thiazole rings is 1. The van der Waals surface area contributed by atoms with Gasteiger partial charge in [0.15, 0.2) is 5.78 Å². The van der Waals surface area contributed by atoms with E-state index in [9.17, 15) is 4.79 Å². The number of methoxy groups -OCH3 is 1. The van der Waals surface area contributed by atoms with Gasteiger partial charge in [0.1, 0.15) is 10.8 Å². The Morgan fingerprint density at radius 2 is 2.00 bits per heavy atom. The molecule has 0 bridgehead atoms. The van der Waals surface area contributed by atoms with Crippen molar-refractivity contribution in [3.8, 4) is 16.3 Å². The molecule has 1 aromatic carbocycles. The summed E-state index contributed by atoms with van der Waals surface area (Å²) in [4.78, 5) is 17.0. The zero-order valence-electron chi connectivity index (χ0n) is 11.4. The summed E-state index contributed by atoms with van der Waals surface area (Å²) < 4.78 is 5.14. The van der Waals surface area contributed by atoms with Gasteiger partial charge in [0.05, 0.1) is 17.7 Å². The molecule has 0 amide bonds. The van der Waals surface area contributed by atoms with Gasteiger partial charge >= 0.3 is 0 Å². The predicted molar refractivity (Wildman–Crippen MR) is 78.1 cm³/mol. The van der Waals surface area contributed by atoms with Crippen LogP contribution >= 0.6 is 11.3 Å². The third-order valence-corrected chi connectivity index (χ3v) is 4.09. The van der Waals surface area contributed by atoms with Crippen LogP contribution in [0.25, 0.3) is 10.6 Å². The number of hydrogen-bond acceptors (Lipinski definition) is 4. The van der Waals surface area contributed by atoms with E-state index in [-0.39, 0.29) is 5.78 Å². The highest BCUT2D eigenvalue weighted by Crippen LogP contribution is 2.30. The first-order valence-corrected chi connectivity index (χ1v) is 7.12. The molecule has 2 rings (SSSR count). The smallest absolute Gasteiger partial charge is 0.171 e. The van der Waals surface area contributed by atoms with Crippen LogP contribution in [0.5, 0.6) is 5.75 Å². The van der Waals surface area contributed by atoms with Crippen molar-refractivity contribution < 1.29 is 9.53 Å². The Balaban J connectivity index is 2.38. The molecule has 3 nitrogen and oxygen atoms in total. The molecule has 0 radical (unpaired) electrons. The van der Waals surface area contributed by atoms with Gasteiger partial charge < -0.3 is 4.74 Å². The second-order valence-corrected chi connectivity index (χ2v) is 5.33. The van der Waals surface area contributed by atoms with E-state index in [1.165, 1.54) is 11.3 Å². The Labute approximate surface area is 117 Å². The molecule has 0 aliphatic rings. The minimum absolute atomic E-state index is 0.0979. The Kier molecular flexibility index (Phi) is 4.32. The number of rotatable bonds is 5. The monoisotopic (exact) mass is 275 g/mol. The molecule has 0 spiro atoms. The topological polar surface area (TPSA) is 39.2 Å². The van der Waals surface area contributed by atoms with E-state index in [1.807, 2.05) is 24.3 Å². The highest BCUT2D eigenvalue weighted by atomic mass is 32.1. The van der Waals surface area contributed by atoms with Crippen LogP contribution in [0.2, 0.25) is 0 Å². The molecule has 0 atom stereocenters. The quantitative estimate of drug-likeness (QED) is 0.775. The average Bonchev–Trinajstić information content (AvgIpc) is 2.83. The third kappa shape index (κ3) is 3.01. The molecule has 0 fully saturated rings. The van der Waals surface area contributed by atoms with Crippen LogP contribution in [0.15, 0.2) is 24.3 Å². The molecule has 0 aliphatic heterocycles. The maximum atomic E-state index is 11.6. The van der Waals surface area contributed by atoms with Crippen molar-refractivity contribution in [2.75, 3.05) is 7.11 Å². The maximum absolute atomic E-state index is 11.6. The number of benzene rings is 1. The number of aromatic nitrogens is 1. The fourth-order valence-electron chi connectivity index (χ4n) is 1.89. The number of Topliss-reactive ketones (excluding diaryl/α,β-unsaturated/α-hetero) is 1. The minimum atomic E-state index is 0.0979. The number of aryl methyl sites for hydroxylation is 1. The van der Waals surface area contributed by atoms with Gasteiger partial charge in [-0.05, 0) is 30.7 Å². The highest BCUT2D eigenvalue weighted by Gasteiger charge is 2.15. The molecular weight excluding hydrogens is 258 g/mol. The van der Waals surface area contributed by atoms with Gasteiger partial charge in [-0.15, -0.1) is 11.3 Å². The Hall–Kier alpha value is -1.68. The molecule has 1 aromatic heterocycles. The molecular formula is C15H17NO2S. The summed E-state index contributed by atoms with van der Waals surface area (Å²) in [5, 5.41) is 0.899. The summed E-state index contributed by atoms with van der Waals surface area (Å²) in [7, 11) is 1.64. The second-order valence-electron chi connectivity index (χ2n) is 4.33. The number of nitrogens with zero attached hydrogens (tertiary/aromatic N) is 1. The van der Waals surface area contributed by atoms with Gasteiger partial charge in [-0.3, -0.25) is 4.79 Å². The molecule has 0 saturated carbocycles. The van der Waals surface area contributed by atoms with Crippen LogP contribution in [0.4, 0.5) is 0 Å². The van der Waals surface area contributed by atoms with Gasteiger partial charge in [0.2, 0.25) is 0 Å². The van der Waals surface area contributed by atoms with E-state index in [2.05, 4.69) is 11.9 Å². The first-order chi connectivity index (χ1) is 9.15. The fourth-order valence-corrected chi connectivity index (χ4v) is 2.90. The second kappa shape index (κ2) is 5.97. The van der Waals surface area contributed by atoms with Crippen molar-refractivity contribution in [3.63, 3.8) is 0 Å². The summed E-state index contributed by atoms with van der Waals surface area (Å²) in [6.45, 7) is 3.70. The lowest BCUT2D eigenvalue weighted by Gasteiger charge is -2.00. The highest BCUT2D eigenvalue weighted by molar-refractivity contribution is 7.17. The van der Waals surface area contributed by atoms with Crippen LogP contribution < -0.4 is 4.74 Å². The van der Waals surface area contributed by atoms with Gasteiger partial charge in [0.25, 0.3) is 0 Å². The molecule has 0 saturated heterocycles. The number of carbonyl (C=O) groups excluding carboxylic acids is 1. The van der Waals surface area contributed by atoms with E-state index in [0.717, 1.165) is 39.7 Å². The Morgan fingerprint density at radius 3 is 2.53 bits per heavy atom. The van der Waals surface area contributed by atoms with Crippen molar-refractivity contribution >= 4 is 17.1 Å². The van der Waals surface area contributed by atoms with Gasteiger partial charge in [-0.25, -0.2) is 4.98 Å². The lowest BCUT2D eigenvalue weighted by Crippen LogP contribution is -1.95. The number of ketones is 1. The first-order valence-electron chi connectivity index (χ1n) is 6.30. The normalized spacial score (nSPS) is 10.5. The minimum Gasteiger partial charge on any atom is -0.497 e. The zero-order chi connectivity index (χ0) is 13.8. The average molecular weight is 275 g/mol. The molecule has 4 heteroatoms. The van der Waals surface area contributed by atoms with Crippen LogP contribution in [0.1, 0.15) is 35.6 Å².